The molecule has 37 heavy (non-hydrogen) atoms. The van der Waals surface area contributed by atoms with E-state index >= 15 is 0 Å². The summed E-state index contributed by atoms with van der Waals surface area (Å²) in [7, 11) is 3.73. The predicted molar refractivity (Wildman–Crippen MR) is 137 cm³/mol. The Bertz CT molecular complexity index is 1200. The van der Waals surface area contributed by atoms with Gasteiger partial charge < -0.3 is 19.5 Å². The van der Waals surface area contributed by atoms with Crippen LogP contribution in [0.15, 0.2) is 59.0 Å². The molecule has 2 aromatic carbocycles. The zero-order chi connectivity index (χ0) is 26.5. The number of hydrogen-bond donors (Lipinski definition) is 1. The number of nitrogens with one attached hydrogen (secondary N) is 1. The second-order valence-electron chi connectivity index (χ2n) is 10.1. The summed E-state index contributed by atoms with van der Waals surface area (Å²) in [6, 6.07) is 16.4. The van der Waals surface area contributed by atoms with Crippen LogP contribution in [0.4, 0.5) is 4.39 Å². The van der Waals surface area contributed by atoms with Crippen molar-refractivity contribution in [1.29, 1.82) is 0 Å². The standard InChI is InChI=1S/C28H34FN5O3/c1-18(2)19-10-12-21(13-11-19)27(20-8-6-5-7-9-20)30-28(36)23-14-22(29)16-34(23)26(35)15-24-31-32-25(37-24)17-33(3)4/h5-13,18,22-23,27H,14-17H2,1-4H3,(H,30,36). The molecule has 1 aliphatic rings. The maximum atomic E-state index is 14.5. The van der Waals surface area contributed by atoms with Crippen molar-refractivity contribution >= 4 is 11.8 Å². The molecule has 196 valence electrons. The largest absolute Gasteiger partial charge is 0.423 e. The lowest BCUT2D eigenvalue weighted by molar-refractivity contribution is -0.138. The van der Waals surface area contributed by atoms with Crippen LogP contribution in [0.1, 0.15) is 60.7 Å². The first-order chi connectivity index (χ1) is 17.7. The second kappa shape index (κ2) is 11.6. The topological polar surface area (TPSA) is 91.6 Å². The van der Waals surface area contributed by atoms with Gasteiger partial charge in [0.05, 0.1) is 19.1 Å². The molecule has 4 rings (SSSR count). The number of likely N-dealkylation sites (tertiary alicyclic amines) is 1. The fourth-order valence-corrected chi connectivity index (χ4v) is 4.55. The van der Waals surface area contributed by atoms with Crippen molar-refractivity contribution in [3.8, 4) is 0 Å². The Labute approximate surface area is 216 Å². The molecular weight excluding hydrogens is 473 g/mol. The molecule has 9 heteroatoms. The van der Waals surface area contributed by atoms with Gasteiger partial charge in [-0.2, -0.15) is 0 Å². The Kier molecular flexibility index (Phi) is 8.33. The Morgan fingerprint density at radius 3 is 2.30 bits per heavy atom. The molecule has 3 aromatic rings. The first-order valence-electron chi connectivity index (χ1n) is 12.6. The lowest BCUT2D eigenvalue weighted by Gasteiger charge is -2.27. The fourth-order valence-electron chi connectivity index (χ4n) is 4.55. The van der Waals surface area contributed by atoms with E-state index in [0.717, 1.165) is 11.1 Å². The molecule has 1 fully saturated rings. The third kappa shape index (κ3) is 6.60. The van der Waals surface area contributed by atoms with Crippen LogP contribution in [0.3, 0.4) is 0 Å². The van der Waals surface area contributed by atoms with Gasteiger partial charge in [0, 0.05) is 6.42 Å². The Balaban J connectivity index is 1.51. The van der Waals surface area contributed by atoms with Crippen molar-refractivity contribution < 1.29 is 18.4 Å². The number of aromatic nitrogens is 2. The molecule has 1 aromatic heterocycles. The molecule has 0 radical (unpaired) electrons. The van der Waals surface area contributed by atoms with Gasteiger partial charge in [-0.3, -0.25) is 9.59 Å². The number of nitrogens with zero attached hydrogens (tertiary/aromatic N) is 4. The van der Waals surface area contributed by atoms with Gasteiger partial charge in [-0.25, -0.2) is 4.39 Å². The zero-order valence-corrected chi connectivity index (χ0v) is 21.7. The average Bonchev–Trinajstić information content (AvgIpc) is 3.48. The molecular formula is C28H34FN5O3. The number of carbonyl (C=O) groups is 2. The van der Waals surface area contributed by atoms with Crippen LogP contribution in [0, 0.1) is 0 Å². The van der Waals surface area contributed by atoms with E-state index in [-0.39, 0.29) is 25.3 Å². The fraction of sp³-hybridized carbons (Fsp3) is 0.429. The molecule has 0 bridgehead atoms. The van der Waals surface area contributed by atoms with Gasteiger partial charge in [0.2, 0.25) is 23.6 Å². The number of hydrogen-bond acceptors (Lipinski definition) is 6. The predicted octanol–water partition coefficient (Wildman–Crippen LogP) is 3.64. The second-order valence-corrected chi connectivity index (χ2v) is 10.1. The minimum absolute atomic E-state index is 0.0545. The summed E-state index contributed by atoms with van der Waals surface area (Å²) in [6.45, 7) is 4.56. The van der Waals surface area contributed by atoms with Gasteiger partial charge in [0.1, 0.15) is 18.6 Å². The van der Waals surface area contributed by atoms with E-state index in [1.807, 2.05) is 61.5 Å². The summed E-state index contributed by atoms with van der Waals surface area (Å²) in [5.41, 5.74) is 3.01. The van der Waals surface area contributed by atoms with Crippen LogP contribution in [0.25, 0.3) is 0 Å². The molecule has 1 N–H and O–H groups in total. The van der Waals surface area contributed by atoms with Crippen LogP contribution >= 0.6 is 0 Å². The van der Waals surface area contributed by atoms with Crippen LogP contribution in [0.2, 0.25) is 0 Å². The molecule has 3 unspecified atom stereocenters. The normalized spacial score (nSPS) is 18.4. The van der Waals surface area contributed by atoms with Gasteiger partial charge in [-0.05, 0) is 36.7 Å². The smallest absolute Gasteiger partial charge is 0.243 e. The average molecular weight is 508 g/mol. The zero-order valence-electron chi connectivity index (χ0n) is 21.7. The van der Waals surface area contributed by atoms with E-state index in [0.29, 0.717) is 18.4 Å². The van der Waals surface area contributed by atoms with Crippen molar-refractivity contribution in [1.82, 2.24) is 25.3 Å². The number of halogens is 1. The van der Waals surface area contributed by atoms with Crippen LogP contribution < -0.4 is 5.32 Å². The number of rotatable bonds is 9. The Hall–Kier alpha value is -3.59. The van der Waals surface area contributed by atoms with E-state index < -0.39 is 30.1 Å². The summed E-state index contributed by atoms with van der Waals surface area (Å²) >= 11 is 0. The molecule has 8 nitrogen and oxygen atoms in total. The monoisotopic (exact) mass is 507 g/mol. The highest BCUT2D eigenvalue weighted by atomic mass is 19.1. The molecule has 3 atom stereocenters. The lowest BCUT2D eigenvalue weighted by Crippen LogP contribution is -2.47. The summed E-state index contributed by atoms with van der Waals surface area (Å²) in [4.78, 5) is 29.7. The Morgan fingerprint density at radius 2 is 1.65 bits per heavy atom. The third-order valence-electron chi connectivity index (χ3n) is 6.49. The van der Waals surface area contributed by atoms with E-state index in [9.17, 15) is 14.0 Å². The van der Waals surface area contributed by atoms with Gasteiger partial charge in [0.15, 0.2) is 0 Å². The first-order valence-corrected chi connectivity index (χ1v) is 12.6. The van der Waals surface area contributed by atoms with Crippen molar-refractivity contribution in [2.45, 2.75) is 57.4 Å². The van der Waals surface area contributed by atoms with Crippen LogP contribution in [-0.2, 0) is 22.6 Å². The van der Waals surface area contributed by atoms with Gasteiger partial charge in [-0.1, -0.05) is 68.4 Å². The summed E-state index contributed by atoms with van der Waals surface area (Å²) in [5.74, 6) is 0.111. The molecule has 1 aliphatic heterocycles. The maximum absolute atomic E-state index is 14.5. The number of amides is 2. The maximum Gasteiger partial charge on any atom is 0.243 e. The minimum Gasteiger partial charge on any atom is -0.423 e. The van der Waals surface area contributed by atoms with Gasteiger partial charge >= 0.3 is 0 Å². The summed E-state index contributed by atoms with van der Waals surface area (Å²) in [5, 5.41) is 11.0. The molecule has 0 aliphatic carbocycles. The van der Waals surface area contributed by atoms with Gasteiger partial charge in [-0.15, -0.1) is 10.2 Å². The molecule has 1 saturated heterocycles. The van der Waals surface area contributed by atoms with E-state index in [2.05, 4.69) is 41.5 Å². The van der Waals surface area contributed by atoms with E-state index in [1.54, 1.807) is 0 Å². The Morgan fingerprint density at radius 1 is 1.03 bits per heavy atom. The van der Waals surface area contributed by atoms with Gasteiger partial charge in [0.25, 0.3) is 0 Å². The lowest BCUT2D eigenvalue weighted by atomic mass is 9.95. The van der Waals surface area contributed by atoms with Crippen molar-refractivity contribution in [2.24, 2.45) is 0 Å². The first kappa shape index (κ1) is 26.5. The SMILES string of the molecule is CC(C)c1ccc(C(NC(=O)C2CC(F)CN2C(=O)Cc2nnc(CN(C)C)o2)c2ccccc2)cc1. The number of benzene rings is 2. The number of carbonyl (C=O) groups excluding carboxylic acids is 2. The van der Waals surface area contributed by atoms with E-state index in [1.165, 1.54) is 10.5 Å². The molecule has 2 amide bonds. The highest BCUT2D eigenvalue weighted by Gasteiger charge is 2.40. The van der Waals surface area contributed by atoms with Crippen molar-refractivity contribution in [2.75, 3.05) is 20.6 Å². The molecule has 0 spiro atoms. The summed E-state index contributed by atoms with van der Waals surface area (Å²) in [6.07, 6.45) is -1.52. The van der Waals surface area contributed by atoms with Crippen LogP contribution in [-0.4, -0.2) is 64.7 Å². The third-order valence-corrected chi connectivity index (χ3v) is 6.49. The van der Waals surface area contributed by atoms with E-state index in [4.69, 9.17) is 4.42 Å². The quantitative estimate of drug-likeness (QED) is 0.476. The number of alkyl halides is 1. The minimum atomic E-state index is -1.29. The highest BCUT2D eigenvalue weighted by molar-refractivity contribution is 5.89. The van der Waals surface area contributed by atoms with Crippen LogP contribution in [0.5, 0.6) is 0 Å². The molecule has 0 saturated carbocycles. The summed E-state index contributed by atoms with van der Waals surface area (Å²) < 4.78 is 20.1. The van der Waals surface area contributed by atoms with Crippen molar-refractivity contribution in [3.05, 3.63) is 83.1 Å². The highest BCUT2D eigenvalue weighted by Crippen LogP contribution is 2.27. The molecule has 2 heterocycles. The van der Waals surface area contributed by atoms with Crippen molar-refractivity contribution in [3.63, 3.8) is 0 Å².